The zero-order chi connectivity index (χ0) is 14.0. The molecule has 19 heavy (non-hydrogen) atoms. The summed E-state index contributed by atoms with van der Waals surface area (Å²) in [6.45, 7) is 3.14. The Hall–Kier alpha value is -0.240. The summed E-state index contributed by atoms with van der Waals surface area (Å²) in [6.07, 6.45) is 0. The number of sulfonamides is 1. The Kier molecular flexibility index (Phi) is 4.81. The van der Waals surface area contributed by atoms with E-state index in [2.05, 4.69) is 15.9 Å². The van der Waals surface area contributed by atoms with Crippen molar-refractivity contribution in [3.8, 4) is 5.75 Å². The van der Waals surface area contributed by atoms with E-state index < -0.39 is 10.0 Å². The molecule has 2 rings (SSSR count). The minimum atomic E-state index is -3.50. The van der Waals surface area contributed by atoms with Crippen LogP contribution in [-0.4, -0.2) is 43.9 Å². The SMILES string of the molecule is COc1ccc(Br)cc1S(=O)(=O)N1CCSC(C)C1. The van der Waals surface area contributed by atoms with Gasteiger partial charge in [-0.1, -0.05) is 22.9 Å². The number of thioether (sulfide) groups is 1. The highest BCUT2D eigenvalue weighted by molar-refractivity contribution is 9.10. The third-order valence-corrected chi connectivity index (χ3v) is 6.46. The molecule has 1 unspecified atom stereocenters. The summed E-state index contributed by atoms with van der Waals surface area (Å²) in [5.74, 6) is 1.21. The number of hydrogen-bond donors (Lipinski definition) is 0. The fourth-order valence-corrected chi connectivity index (χ4v) is 5.44. The van der Waals surface area contributed by atoms with Gasteiger partial charge < -0.3 is 4.74 Å². The molecule has 1 aromatic rings. The van der Waals surface area contributed by atoms with Crippen LogP contribution in [-0.2, 0) is 10.0 Å². The van der Waals surface area contributed by atoms with Gasteiger partial charge in [0.1, 0.15) is 10.6 Å². The third kappa shape index (κ3) is 3.26. The van der Waals surface area contributed by atoms with Crippen LogP contribution in [0.15, 0.2) is 27.6 Å². The first kappa shape index (κ1) is 15.2. The quantitative estimate of drug-likeness (QED) is 0.825. The lowest BCUT2D eigenvalue weighted by Crippen LogP contribution is -2.41. The van der Waals surface area contributed by atoms with Gasteiger partial charge in [-0.15, -0.1) is 0 Å². The fourth-order valence-electron chi connectivity index (χ4n) is 2.00. The van der Waals surface area contributed by atoms with Gasteiger partial charge in [0, 0.05) is 28.6 Å². The molecular formula is C12H16BrNO3S2. The molecule has 1 aromatic carbocycles. The summed E-state index contributed by atoms with van der Waals surface area (Å²) in [5, 5.41) is 0.321. The van der Waals surface area contributed by atoms with Crippen LogP contribution in [0.1, 0.15) is 6.92 Å². The maximum Gasteiger partial charge on any atom is 0.246 e. The van der Waals surface area contributed by atoms with Crippen molar-refractivity contribution in [3.05, 3.63) is 22.7 Å². The molecule has 0 aromatic heterocycles. The Morgan fingerprint density at radius 3 is 2.84 bits per heavy atom. The van der Waals surface area contributed by atoms with Crippen LogP contribution in [0.25, 0.3) is 0 Å². The van der Waals surface area contributed by atoms with E-state index in [1.54, 1.807) is 34.3 Å². The van der Waals surface area contributed by atoms with Crippen molar-refractivity contribution in [3.63, 3.8) is 0 Å². The molecule has 0 spiro atoms. The van der Waals surface area contributed by atoms with Crippen LogP contribution in [0, 0.1) is 0 Å². The summed E-state index contributed by atoms with van der Waals surface area (Å²) in [4.78, 5) is 0.225. The van der Waals surface area contributed by atoms with Crippen LogP contribution in [0.5, 0.6) is 5.75 Å². The van der Waals surface area contributed by atoms with E-state index in [9.17, 15) is 8.42 Å². The second-order valence-electron chi connectivity index (χ2n) is 4.34. The van der Waals surface area contributed by atoms with Crippen LogP contribution >= 0.6 is 27.7 Å². The molecule has 0 amide bonds. The van der Waals surface area contributed by atoms with E-state index in [-0.39, 0.29) is 4.90 Å². The smallest absolute Gasteiger partial charge is 0.246 e. The van der Waals surface area contributed by atoms with Crippen molar-refractivity contribution in [1.29, 1.82) is 0 Å². The molecule has 1 heterocycles. The number of benzene rings is 1. The average Bonchev–Trinajstić information content (AvgIpc) is 2.38. The van der Waals surface area contributed by atoms with Gasteiger partial charge in [-0.3, -0.25) is 0 Å². The van der Waals surface area contributed by atoms with Gasteiger partial charge in [0.2, 0.25) is 10.0 Å². The molecule has 1 aliphatic heterocycles. The number of methoxy groups -OCH3 is 1. The van der Waals surface area contributed by atoms with E-state index in [4.69, 9.17) is 4.74 Å². The fraction of sp³-hybridized carbons (Fsp3) is 0.500. The molecule has 1 atom stereocenters. The molecule has 1 aliphatic rings. The zero-order valence-electron chi connectivity index (χ0n) is 10.8. The highest BCUT2D eigenvalue weighted by Crippen LogP contribution is 2.31. The van der Waals surface area contributed by atoms with Crippen LogP contribution in [0.4, 0.5) is 0 Å². The van der Waals surface area contributed by atoms with Crippen LogP contribution in [0.3, 0.4) is 0 Å². The molecule has 0 N–H and O–H groups in total. The standard InChI is InChI=1S/C12H16BrNO3S2/c1-9-8-14(5-6-18-9)19(15,16)12-7-10(13)3-4-11(12)17-2/h3-4,7,9H,5-6,8H2,1-2H3. The maximum absolute atomic E-state index is 12.7. The first-order chi connectivity index (χ1) is 8.95. The van der Waals surface area contributed by atoms with Crippen molar-refractivity contribution in [1.82, 2.24) is 4.31 Å². The minimum Gasteiger partial charge on any atom is -0.495 e. The lowest BCUT2D eigenvalue weighted by Gasteiger charge is -2.30. The average molecular weight is 366 g/mol. The largest absolute Gasteiger partial charge is 0.495 e. The van der Waals surface area contributed by atoms with E-state index in [0.29, 0.717) is 24.1 Å². The lowest BCUT2D eigenvalue weighted by molar-refractivity contribution is 0.391. The van der Waals surface area contributed by atoms with Crippen molar-refractivity contribution in [2.75, 3.05) is 26.0 Å². The second kappa shape index (κ2) is 6.03. The minimum absolute atomic E-state index is 0.225. The Labute approximate surface area is 126 Å². The first-order valence-electron chi connectivity index (χ1n) is 5.90. The number of halogens is 1. The van der Waals surface area contributed by atoms with E-state index in [1.807, 2.05) is 6.92 Å². The highest BCUT2D eigenvalue weighted by atomic mass is 79.9. The summed E-state index contributed by atoms with van der Waals surface area (Å²) in [5.41, 5.74) is 0. The van der Waals surface area contributed by atoms with E-state index >= 15 is 0 Å². The molecule has 0 saturated carbocycles. The van der Waals surface area contributed by atoms with Crippen molar-refractivity contribution in [2.24, 2.45) is 0 Å². The number of rotatable bonds is 3. The Morgan fingerprint density at radius 1 is 1.47 bits per heavy atom. The molecule has 0 bridgehead atoms. The topological polar surface area (TPSA) is 46.6 Å². The third-order valence-electron chi connectivity index (χ3n) is 2.95. The van der Waals surface area contributed by atoms with Crippen molar-refractivity contribution in [2.45, 2.75) is 17.1 Å². The Bertz CT molecular complexity index is 562. The zero-order valence-corrected chi connectivity index (χ0v) is 14.0. The van der Waals surface area contributed by atoms with Gasteiger partial charge in [-0.2, -0.15) is 16.1 Å². The van der Waals surface area contributed by atoms with Crippen LogP contribution in [0.2, 0.25) is 0 Å². The monoisotopic (exact) mass is 365 g/mol. The number of hydrogen-bond acceptors (Lipinski definition) is 4. The highest BCUT2D eigenvalue weighted by Gasteiger charge is 2.31. The Morgan fingerprint density at radius 2 is 2.21 bits per heavy atom. The predicted molar refractivity (Wildman–Crippen MR) is 81.4 cm³/mol. The summed E-state index contributed by atoms with van der Waals surface area (Å²) in [6, 6.07) is 5.03. The molecule has 1 fully saturated rings. The molecule has 1 saturated heterocycles. The molecule has 106 valence electrons. The summed E-state index contributed by atoms with van der Waals surface area (Å²) >= 11 is 5.11. The van der Waals surface area contributed by atoms with Crippen LogP contribution < -0.4 is 4.74 Å². The van der Waals surface area contributed by atoms with Gasteiger partial charge in [-0.25, -0.2) is 8.42 Å². The lowest BCUT2D eigenvalue weighted by atomic mass is 10.3. The number of ether oxygens (including phenoxy) is 1. The van der Waals surface area contributed by atoms with Crippen molar-refractivity contribution >= 4 is 37.7 Å². The van der Waals surface area contributed by atoms with Gasteiger partial charge in [-0.05, 0) is 18.2 Å². The predicted octanol–water partition coefficient (Wildman–Crippen LogP) is 2.58. The second-order valence-corrected chi connectivity index (χ2v) is 8.71. The van der Waals surface area contributed by atoms with Gasteiger partial charge in [0.05, 0.1) is 7.11 Å². The first-order valence-corrected chi connectivity index (χ1v) is 9.18. The number of nitrogens with zero attached hydrogens (tertiary/aromatic N) is 1. The van der Waals surface area contributed by atoms with E-state index in [0.717, 1.165) is 10.2 Å². The van der Waals surface area contributed by atoms with Gasteiger partial charge in [0.15, 0.2) is 0 Å². The molecule has 0 radical (unpaired) electrons. The molecule has 4 nitrogen and oxygen atoms in total. The Balaban J connectivity index is 2.41. The van der Waals surface area contributed by atoms with Gasteiger partial charge in [0.25, 0.3) is 0 Å². The molecular weight excluding hydrogens is 350 g/mol. The van der Waals surface area contributed by atoms with Crippen molar-refractivity contribution < 1.29 is 13.2 Å². The molecule has 7 heteroatoms. The van der Waals surface area contributed by atoms with E-state index in [1.165, 1.54) is 7.11 Å². The summed E-state index contributed by atoms with van der Waals surface area (Å²) in [7, 11) is -2.01. The molecule has 0 aliphatic carbocycles. The summed E-state index contributed by atoms with van der Waals surface area (Å²) < 4.78 is 32.8. The normalized spacial score (nSPS) is 21.3. The maximum atomic E-state index is 12.7. The van der Waals surface area contributed by atoms with Gasteiger partial charge >= 0.3 is 0 Å².